The van der Waals surface area contributed by atoms with Gasteiger partial charge in [0, 0.05) is 18.0 Å². The molecule has 2 heterocycles. The van der Waals surface area contributed by atoms with E-state index >= 15 is 0 Å². The SMILES string of the molecule is C=Cc1cncc(-n2cc(C)c(Cl)n2)c1. The minimum absolute atomic E-state index is 0.513. The maximum atomic E-state index is 5.88. The minimum Gasteiger partial charge on any atom is -0.262 e. The van der Waals surface area contributed by atoms with E-state index in [1.54, 1.807) is 23.2 Å². The Morgan fingerprint density at radius 1 is 1.47 bits per heavy atom. The van der Waals surface area contributed by atoms with Gasteiger partial charge in [0.2, 0.25) is 0 Å². The Bertz CT molecular complexity index is 483. The van der Waals surface area contributed by atoms with Gasteiger partial charge in [-0.2, -0.15) is 5.10 Å². The first kappa shape index (κ1) is 9.93. The second-order valence-electron chi connectivity index (χ2n) is 3.23. The van der Waals surface area contributed by atoms with Crippen LogP contribution in [-0.2, 0) is 0 Å². The molecule has 0 spiro atoms. The van der Waals surface area contributed by atoms with Crippen molar-refractivity contribution in [2.75, 3.05) is 0 Å². The number of hydrogen-bond acceptors (Lipinski definition) is 2. The van der Waals surface area contributed by atoms with Crippen LogP contribution in [0.4, 0.5) is 0 Å². The van der Waals surface area contributed by atoms with Gasteiger partial charge in [0.05, 0.1) is 11.9 Å². The number of aryl methyl sites for hydroxylation is 1. The molecule has 0 bridgehead atoms. The molecule has 3 nitrogen and oxygen atoms in total. The van der Waals surface area contributed by atoms with Crippen LogP contribution in [-0.4, -0.2) is 14.8 Å². The van der Waals surface area contributed by atoms with E-state index in [2.05, 4.69) is 16.7 Å². The third-order valence-corrected chi connectivity index (χ3v) is 2.46. The van der Waals surface area contributed by atoms with E-state index in [0.717, 1.165) is 16.8 Å². The summed E-state index contributed by atoms with van der Waals surface area (Å²) in [6.45, 7) is 5.61. The van der Waals surface area contributed by atoms with E-state index in [-0.39, 0.29) is 0 Å². The van der Waals surface area contributed by atoms with Crippen LogP contribution in [0.25, 0.3) is 11.8 Å². The average Bonchev–Trinajstić information content (AvgIpc) is 2.59. The van der Waals surface area contributed by atoms with Crippen molar-refractivity contribution in [3.8, 4) is 5.69 Å². The molecule has 0 aromatic carbocycles. The molecular weight excluding hydrogens is 210 g/mol. The van der Waals surface area contributed by atoms with Crippen LogP contribution >= 0.6 is 11.6 Å². The molecule has 4 heteroatoms. The number of nitrogens with zero attached hydrogens (tertiary/aromatic N) is 3. The van der Waals surface area contributed by atoms with Gasteiger partial charge >= 0.3 is 0 Å². The molecule has 0 N–H and O–H groups in total. The monoisotopic (exact) mass is 219 g/mol. The fraction of sp³-hybridized carbons (Fsp3) is 0.0909. The number of rotatable bonds is 2. The molecule has 0 saturated heterocycles. The van der Waals surface area contributed by atoms with Gasteiger partial charge in [-0.3, -0.25) is 4.98 Å². The molecule has 0 atom stereocenters. The Balaban J connectivity index is 2.48. The van der Waals surface area contributed by atoms with Crippen LogP contribution in [0.15, 0.2) is 31.2 Å². The Morgan fingerprint density at radius 2 is 2.27 bits per heavy atom. The first-order valence-corrected chi connectivity index (χ1v) is 4.88. The lowest BCUT2D eigenvalue weighted by atomic mass is 10.2. The Labute approximate surface area is 93.0 Å². The van der Waals surface area contributed by atoms with Crippen molar-refractivity contribution in [2.45, 2.75) is 6.92 Å². The van der Waals surface area contributed by atoms with E-state index in [1.807, 2.05) is 19.2 Å². The highest BCUT2D eigenvalue weighted by molar-refractivity contribution is 6.30. The Kier molecular flexibility index (Phi) is 2.56. The van der Waals surface area contributed by atoms with E-state index in [0.29, 0.717) is 5.15 Å². The third-order valence-electron chi connectivity index (χ3n) is 2.08. The fourth-order valence-corrected chi connectivity index (χ4v) is 1.38. The molecule has 0 aliphatic rings. The van der Waals surface area contributed by atoms with Crippen molar-refractivity contribution in [3.05, 3.63) is 47.5 Å². The van der Waals surface area contributed by atoms with Crippen LogP contribution in [0.5, 0.6) is 0 Å². The standard InChI is InChI=1S/C11H10ClN3/c1-3-9-4-10(6-13-5-9)15-7-8(2)11(12)14-15/h3-7H,1H2,2H3. The normalized spacial score (nSPS) is 10.3. The van der Waals surface area contributed by atoms with Crippen LogP contribution < -0.4 is 0 Å². The molecule has 0 saturated carbocycles. The predicted octanol–water partition coefficient (Wildman–Crippen LogP) is 2.87. The van der Waals surface area contributed by atoms with Crippen molar-refractivity contribution >= 4 is 17.7 Å². The number of hydrogen-bond donors (Lipinski definition) is 0. The van der Waals surface area contributed by atoms with Gasteiger partial charge < -0.3 is 0 Å². The van der Waals surface area contributed by atoms with Crippen molar-refractivity contribution in [3.63, 3.8) is 0 Å². The average molecular weight is 220 g/mol. The molecule has 15 heavy (non-hydrogen) atoms. The molecule has 2 aromatic heterocycles. The largest absolute Gasteiger partial charge is 0.262 e. The number of aromatic nitrogens is 3. The van der Waals surface area contributed by atoms with Gasteiger partial charge in [-0.25, -0.2) is 4.68 Å². The maximum absolute atomic E-state index is 5.88. The van der Waals surface area contributed by atoms with Crippen molar-refractivity contribution in [1.82, 2.24) is 14.8 Å². The molecule has 0 amide bonds. The molecule has 2 rings (SSSR count). The molecular formula is C11H10ClN3. The lowest BCUT2D eigenvalue weighted by Crippen LogP contribution is -1.95. The number of pyridine rings is 1. The molecule has 0 unspecified atom stereocenters. The minimum atomic E-state index is 0.513. The zero-order valence-corrected chi connectivity index (χ0v) is 9.07. The van der Waals surface area contributed by atoms with E-state index in [9.17, 15) is 0 Å². The van der Waals surface area contributed by atoms with Crippen molar-refractivity contribution in [2.24, 2.45) is 0 Å². The first-order chi connectivity index (χ1) is 7.20. The smallest absolute Gasteiger partial charge is 0.154 e. The summed E-state index contributed by atoms with van der Waals surface area (Å²) >= 11 is 5.88. The summed E-state index contributed by atoms with van der Waals surface area (Å²) < 4.78 is 1.71. The zero-order chi connectivity index (χ0) is 10.8. The quantitative estimate of drug-likeness (QED) is 0.778. The Morgan fingerprint density at radius 3 is 2.87 bits per heavy atom. The van der Waals surface area contributed by atoms with Crippen molar-refractivity contribution < 1.29 is 0 Å². The summed E-state index contributed by atoms with van der Waals surface area (Å²) in [6, 6.07) is 1.95. The topological polar surface area (TPSA) is 30.7 Å². The van der Waals surface area contributed by atoms with E-state index in [4.69, 9.17) is 11.6 Å². The van der Waals surface area contributed by atoms with Crippen LogP contribution in [0, 0.1) is 6.92 Å². The molecule has 2 aromatic rings. The summed E-state index contributed by atoms with van der Waals surface area (Å²) in [4.78, 5) is 4.10. The Hall–Kier alpha value is -1.61. The predicted molar refractivity (Wildman–Crippen MR) is 61.2 cm³/mol. The lowest BCUT2D eigenvalue weighted by molar-refractivity contribution is 0.873. The highest BCUT2D eigenvalue weighted by atomic mass is 35.5. The highest BCUT2D eigenvalue weighted by Crippen LogP contribution is 2.15. The molecule has 0 aliphatic heterocycles. The maximum Gasteiger partial charge on any atom is 0.154 e. The molecule has 0 fully saturated rings. The third kappa shape index (κ3) is 1.92. The molecule has 76 valence electrons. The second-order valence-corrected chi connectivity index (χ2v) is 3.59. The van der Waals surface area contributed by atoms with Gasteiger partial charge in [0.15, 0.2) is 5.15 Å². The summed E-state index contributed by atoms with van der Waals surface area (Å²) in [5.41, 5.74) is 2.78. The zero-order valence-electron chi connectivity index (χ0n) is 8.31. The molecule has 0 radical (unpaired) electrons. The second kappa shape index (κ2) is 3.87. The first-order valence-electron chi connectivity index (χ1n) is 4.50. The van der Waals surface area contributed by atoms with Crippen LogP contribution in [0.2, 0.25) is 5.15 Å². The van der Waals surface area contributed by atoms with Gasteiger partial charge in [-0.05, 0) is 18.6 Å². The summed E-state index contributed by atoms with van der Waals surface area (Å²) in [7, 11) is 0. The lowest BCUT2D eigenvalue weighted by Gasteiger charge is -2.00. The van der Waals surface area contributed by atoms with Gasteiger partial charge in [0.25, 0.3) is 0 Å². The molecule has 0 aliphatic carbocycles. The van der Waals surface area contributed by atoms with Gasteiger partial charge in [-0.15, -0.1) is 0 Å². The summed E-state index contributed by atoms with van der Waals surface area (Å²) in [6.07, 6.45) is 7.09. The van der Waals surface area contributed by atoms with Gasteiger partial charge in [-0.1, -0.05) is 24.3 Å². The summed E-state index contributed by atoms with van der Waals surface area (Å²) in [5.74, 6) is 0. The number of halogens is 1. The van der Waals surface area contributed by atoms with Crippen LogP contribution in [0.1, 0.15) is 11.1 Å². The fourth-order valence-electron chi connectivity index (χ4n) is 1.25. The van der Waals surface area contributed by atoms with E-state index in [1.165, 1.54) is 0 Å². The van der Waals surface area contributed by atoms with Crippen LogP contribution in [0.3, 0.4) is 0 Å². The van der Waals surface area contributed by atoms with Gasteiger partial charge in [0.1, 0.15) is 0 Å². The van der Waals surface area contributed by atoms with Crippen molar-refractivity contribution in [1.29, 1.82) is 0 Å². The van der Waals surface area contributed by atoms with E-state index < -0.39 is 0 Å². The highest BCUT2D eigenvalue weighted by Gasteiger charge is 2.04. The summed E-state index contributed by atoms with van der Waals surface area (Å²) in [5, 5.41) is 4.68.